The normalized spacial score (nSPS) is 10.5. The monoisotopic (exact) mass is 160 g/mol. The Balaban J connectivity index is 2.55. The van der Waals surface area contributed by atoms with Gasteiger partial charge in [-0.1, -0.05) is 0 Å². The van der Waals surface area contributed by atoms with Crippen LogP contribution in [0.5, 0.6) is 0 Å². The quantitative estimate of drug-likeness (QED) is 0.642. The Morgan fingerprint density at radius 1 is 1.17 bits per heavy atom. The fraction of sp³-hybridized carbons (Fsp3) is 0.200. The van der Waals surface area contributed by atoms with Crippen molar-refractivity contribution < 1.29 is 0 Å². The number of hydrogen-bond acceptors (Lipinski definition) is 0. The summed E-state index contributed by atoms with van der Waals surface area (Å²) in [5, 5.41) is 0. The van der Waals surface area contributed by atoms with Crippen molar-refractivity contribution in [2.75, 3.05) is 0 Å². The molecule has 0 aromatic carbocycles. The third kappa shape index (κ3) is 0.961. The number of aryl methyl sites for hydroxylation is 1. The molecule has 12 heavy (non-hydrogen) atoms. The maximum atomic E-state index is 3.21. The first kappa shape index (κ1) is 7.22. The van der Waals surface area contributed by atoms with E-state index in [0.29, 0.717) is 0 Å². The van der Waals surface area contributed by atoms with Crippen molar-refractivity contribution in [1.29, 1.82) is 0 Å². The highest BCUT2D eigenvalue weighted by Crippen LogP contribution is 2.24. The van der Waals surface area contributed by atoms with Crippen molar-refractivity contribution in [3.05, 3.63) is 35.9 Å². The Hall–Kier alpha value is -1.44. The van der Waals surface area contributed by atoms with Gasteiger partial charge in [-0.2, -0.15) is 0 Å². The molecule has 62 valence electrons. The number of rotatable bonds is 1. The third-order valence-corrected chi connectivity index (χ3v) is 2.31. The predicted molar refractivity (Wildman–Crippen MR) is 50.1 cm³/mol. The van der Waals surface area contributed by atoms with Crippen molar-refractivity contribution in [2.45, 2.75) is 13.8 Å². The Kier molecular flexibility index (Phi) is 1.54. The van der Waals surface area contributed by atoms with Gasteiger partial charge in [-0.25, -0.2) is 0 Å². The minimum Gasteiger partial charge on any atom is -0.367 e. The van der Waals surface area contributed by atoms with Crippen LogP contribution in [0.15, 0.2) is 24.7 Å². The average Bonchev–Trinajstić information content (AvgIpc) is 2.64. The van der Waals surface area contributed by atoms with Gasteiger partial charge in [-0.15, -0.1) is 0 Å². The zero-order valence-corrected chi connectivity index (χ0v) is 7.31. The average molecular weight is 160 g/mol. The SMILES string of the molecule is Cc1[nH]cc(-c2cc[nH]c2)c1C. The van der Waals surface area contributed by atoms with Gasteiger partial charge in [0.15, 0.2) is 0 Å². The molecule has 0 amide bonds. The van der Waals surface area contributed by atoms with E-state index in [1.807, 2.05) is 18.6 Å². The van der Waals surface area contributed by atoms with Crippen LogP contribution < -0.4 is 0 Å². The Labute approximate surface area is 71.6 Å². The fourth-order valence-electron chi connectivity index (χ4n) is 1.39. The van der Waals surface area contributed by atoms with E-state index in [1.54, 1.807) is 0 Å². The number of aromatic nitrogens is 2. The standard InChI is InChI=1S/C10H12N2/c1-7-8(2)12-6-10(7)9-3-4-11-5-9/h3-6,11-12H,1-2H3. The van der Waals surface area contributed by atoms with Gasteiger partial charge in [0, 0.05) is 35.4 Å². The summed E-state index contributed by atoms with van der Waals surface area (Å²) in [6.45, 7) is 4.22. The van der Waals surface area contributed by atoms with Crippen molar-refractivity contribution in [3.63, 3.8) is 0 Å². The van der Waals surface area contributed by atoms with Crippen LogP contribution in [0, 0.1) is 13.8 Å². The molecule has 2 heteroatoms. The van der Waals surface area contributed by atoms with E-state index in [0.717, 1.165) is 0 Å². The maximum Gasteiger partial charge on any atom is 0.0151 e. The molecule has 0 saturated carbocycles. The zero-order valence-electron chi connectivity index (χ0n) is 7.31. The second-order valence-corrected chi connectivity index (χ2v) is 3.05. The molecule has 0 radical (unpaired) electrons. The molecule has 2 aromatic rings. The van der Waals surface area contributed by atoms with Gasteiger partial charge in [-0.3, -0.25) is 0 Å². The molecule has 2 heterocycles. The van der Waals surface area contributed by atoms with Gasteiger partial charge < -0.3 is 9.97 Å². The highest BCUT2D eigenvalue weighted by molar-refractivity contribution is 5.66. The van der Waals surface area contributed by atoms with Crippen LogP contribution in [0.4, 0.5) is 0 Å². The van der Waals surface area contributed by atoms with E-state index < -0.39 is 0 Å². The largest absolute Gasteiger partial charge is 0.367 e. The molecule has 0 bridgehead atoms. The van der Waals surface area contributed by atoms with Gasteiger partial charge in [-0.05, 0) is 25.5 Å². The lowest BCUT2D eigenvalue weighted by molar-refractivity contribution is 1.23. The topological polar surface area (TPSA) is 31.6 Å². The molecule has 2 N–H and O–H groups in total. The molecule has 0 aliphatic carbocycles. The maximum absolute atomic E-state index is 3.21. The molecule has 0 aliphatic rings. The van der Waals surface area contributed by atoms with Crippen LogP contribution in [0.25, 0.3) is 11.1 Å². The lowest BCUT2D eigenvalue weighted by Gasteiger charge is -1.94. The highest BCUT2D eigenvalue weighted by atomic mass is 14.7. The molecule has 0 saturated heterocycles. The second-order valence-electron chi connectivity index (χ2n) is 3.05. The predicted octanol–water partition coefficient (Wildman–Crippen LogP) is 2.63. The Bertz CT molecular complexity index is 368. The lowest BCUT2D eigenvalue weighted by atomic mass is 10.1. The first-order valence-electron chi connectivity index (χ1n) is 4.07. The van der Waals surface area contributed by atoms with E-state index in [-0.39, 0.29) is 0 Å². The molecule has 0 atom stereocenters. The Morgan fingerprint density at radius 2 is 2.00 bits per heavy atom. The summed E-state index contributed by atoms with van der Waals surface area (Å²) in [6.07, 6.45) is 6.00. The van der Waals surface area contributed by atoms with E-state index in [2.05, 4.69) is 29.9 Å². The Morgan fingerprint density at radius 3 is 2.50 bits per heavy atom. The smallest absolute Gasteiger partial charge is 0.0151 e. The van der Waals surface area contributed by atoms with E-state index in [4.69, 9.17) is 0 Å². The molecular weight excluding hydrogens is 148 g/mol. The number of H-pyrrole nitrogens is 2. The summed E-state index contributed by atoms with van der Waals surface area (Å²) in [5.41, 5.74) is 5.10. The van der Waals surface area contributed by atoms with Crippen LogP contribution in [0.2, 0.25) is 0 Å². The minimum atomic E-state index is 1.24. The van der Waals surface area contributed by atoms with Crippen molar-refractivity contribution in [1.82, 2.24) is 9.97 Å². The third-order valence-electron chi connectivity index (χ3n) is 2.31. The van der Waals surface area contributed by atoms with Crippen LogP contribution >= 0.6 is 0 Å². The summed E-state index contributed by atoms with van der Waals surface area (Å²) in [4.78, 5) is 6.26. The van der Waals surface area contributed by atoms with Gasteiger partial charge in [0.25, 0.3) is 0 Å². The molecule has 0 spiro atoms. The summed E-state index contributed by atoms with van der Waals surface area (Å²) < 4.78 is 0. The van der Waals surface area contributed by atoms with Crippen LogP contribution in [0.3, 0.4) is 0 Å². The second kappa shape index (κ2) is 2.55. The first-order valence-corrected chi connectivity index (χ1v) is 4.07. The molecule has 0 unspecified atom stereocenters. The lowest BCUT2D eigenvalue weighted by Crippen LogP contribution is -1.75. The fourth-order valence-corrected chi connectivity index (χ4v) is 1.39. The van der Waals surface area contributed by atoms with Crippen LogP contribution in [0.1, 0.15) is 11.3 Å². The highest BCUT2D eigenvalue weighted by Gasteiger charge is 2.04. The van der Waals surface area contributed by atoms with Gasteiger partial charge in [0.05, 0.1) is 0 Å². The molecule has 0 aliphatic heterocycles. The number of nitrogens with one attached hydrogen (secondary N) is 2. The van der Waals surface area contributed by atoms with Gasteiger partial charge >= 0.3 is 0 Å². The molecule has 2 nitrogen and oxygen atoms in total. The van der Waals surface area contributed by atoms with Crippen molar-refractivity contribution >= 4 is 0 Å². The summed E-state index contributed by atoms with van der Waals surface area (Å²) in [5.74, 6) is 0. The van der Waals surface area contributed by atoms with E-state index in [9.17, 15) is 0 Å². The van der Waals surface area contributed by atoms with Gasteiger partial charge in [0.1, 0.15) is 0 Å². The zero-order chi connectivity index (χ0) is 8.55. The van der Waals surface area contributed by atoms with E-state index >= 15 is 0 Å². The van der Waals surface area contributed by atoms with Crippen LogP contribution in [-0.2, 0) is 0 Å². The van der Waals surface area contributed by atoms with Crippen molar-refractivity contribution in [2.24, 2.45) is 0 Å². The minimum absolute atomic E-state index is 1.24. The number of hydrogen-bond donors (Lipinski definition) is 2. The summed E-state index contributed by atoms with van der Waals surface area (Å²) in [7, 11) is 0. The molecule has 2 rings (SSSR count). The summed E-state index contributed by atoms with van der Waals surface area (Å²) in [6, 6.07) is 2.08. The van der Waals surface area contributed by atoms with Crippen LogP contribution in [-0.4, -0.2) is 9.97 Å². The molecular formula is C10H12N2. The number of aromatic amines is 2. The van der Waals surface area contributed by atoms with Crippen molar-refractivity contribution in [3.8, 4) is 11.1 Å². The van der Waals surface area contributed by atoms with E-state index in [1.165, 1.54) is 22.4 Å². The molecule has 0 fully saturated rings. The first-order chi connectivity index (χ1) is 5.79. The summed E-state index contributed by atoms with van der Waals surface area (Å²) >= 11 is 0. The van der Waals surface area contributed by atoms with Gasteiger partial charge in [0.2, 0.25) is 0 Å². The molecule has 2 aromatic heterocycles.